The molecule has 0 aliphatic carbocycles. The van der Waals surface area contributed by atoms with Crippen molar-refractivity contribution in [3.05, 3.63) is 41.7 Å². The first-order chi connectivity index (χ1) is 9.96. The van der Waals surface area contributed by atoms with E-state index in [2.05, 4.69) is 9.82 Å². The van der Waals surface area contributed by atoms with E-state index in [-0.39, 0.29) is 18.0 Å². The van der Waals surface area contributed by atoms with E-state index in [0.717, 1.165) is 5.56 Å². The molecule has 0 aliphatic heterocycles. The summed E-state index contributed by atoms with van der Waals surface area (Å²) in [7, 11) is -0.315. The molecule has 2 rings (SSSR count). The van der Waals surface area contributed by atoms with E-state index in [1.807, 2.05) is 0 Å². The van der Waals surface area contributed by atoms with Gasteiger partial charge in [-0.05, 0) is 18.2 Å². The molecule has 1 heterocycles. The number of aryl methyl sites for hydroxylation is 1. The molecule has 114 valence electrons. The van der Waals surface area contributed by atoms with Gasteiger partial charge < -0.3 is 10.5 Å². The average Bonchev–Trinajstić information content (AvgIpc) is 2.90. The Kier molecular flexibility index (Phi) is 4.61. The summed E-state index contributed by atoms with van der Waals surface area (Å²) in [6.07, 6.45) is 3.36. The first-order valence-corrected chi connectivity index (χ1v) is 7.79. The second-order valence-electron chi connectivity index (χ2n) is 4.52. The van der Waals surface area contributed by atoms with Crippen LogP contribution in [-0.2, 0) is 30.2 Å². The summed E-state index contributed by atoms with van der Waals surface area (Å²) in [6.45, 7) is 0.384. The number of rotatable bonds is 6. The van der Waals surface area contributed by atoms with Crippen molar-refractivity contribution in [2.24, 2.45) is 12.8 Å². The lowest BCUT2D eigenvalue weighted by Gasteiger charge is -2.10. The van der Waals surface area contributed by atoms with Gasteiger partial charge in [0, 0.05) is 37.5 Å². The van der Waals surface area contributed by atoms with Crippen LogP contribution in [0.1, 0.15) is 11.1 Å². The molecule has 3 N–H and O–H groups in total. The van der Waals surface area contributed by atoms with Gasteiger partial charge in [0.2, 0.25) is 10.0 Å². The van der Waals surface area contributed by atoms with Gasteiger partial charge in [0.15, 0.2) is 0 Å². The number of aromatic nitrogens is 2. The third-order valence-electron chi connectivity index (χ3n) is 3.01. The Bertz CT molecular complexity index is 725. The Hall–Kier alpha value is -1.90. The van der Waals surface area contributed by atoms with Gasteiger partial charge in [-0.3, -0.25) is 4.68 Å². The zero-order valence-electron chi connectivity index (χ0n) is 11.9. The van der Waals surface area contributed by atoms with Gasteiger partial charge in [-0.25, -0.2) is 13.1 Å². The van der Waals surface area contributed by atoms with Crippen LogP contribution >= 0.6 is 0 Å². The highest BCUT2D eigenvalue weighted by atomic mass is 32.2. The van der Waals surface area contributed by atoms with Crippen molar-refractivity contribution in [3.63, 3.8) is 0 Å². The standard InChI is InChI=1S/C13H18N4O3S/c1-17-9-10(7-15-17)8-16-21(18,19)12-3-4-13(20-2)11(5-12)6-14/h3-5,7,9,16H,6,8,14H2,1-2H3. The molecule has 0 spiro atoms. The number of ether oxygens (including phenoxy) is 1. The maximum atomic E-state index is 12.3. The van der Waals surface area contributed by atoms with Crippen molar-refractivity contribution < 1.29 is 13.2 Å². The monoisotopic (exact) mass is 310 g/mol. The lowest BCUT2D eigenvalue weighted by atomic mass is 10.2. The number of benzene rings is 1. The number of sulfonamides is 1. The van der Waals surface area contributed by atoms with E-state index in [9.17, 15) is 8.42 Å². The average molecular weight is 310 g/mol. The lowest BCUT2D eigenvalue weighted by molar-refractivity contribution is 0.409. The van der Waals surface area contributed by atoms with E-state index >= 15 is 0 Å². The summed E-state index contributed by atoms with van der Waals surface area (Å²) in [5.41, 5.74) is 7.03. The molecule has 0 fully saturated rings. The summed E-state index contributed by atoms with van der Waals surface area (Å²) in [4.78, 5) is 0.160. The van der Waals surface area contributed by atoms with Crippen LogP contribution in [-0.4, -0.2) is 25.3 Å². The molecular formula is C13H18N4O3S. The van der Waals surface area contributed by atoms with Crippen molar-refractivity contribution in [1.82, 2.24) is 14.5 Å². The summed E-state index contributed by atoms with van der Waals surface area (Å²) in [6, 6.07) is 4.61. The molecule has 8 heteroatoms. The largest absolute Gasteiger partial charge is 0.496 e. The molecule has 7 nitrogen and oxygen atoms in total. The molecule has 2 aromatic rings. The molecule has 0 aliphatic rings. The Labute approximate surface area is 123 Å². The SMILES string of the molecule is COc1ccc(S(=O)(=O)NCc2cnn(C)c2)cc1CN. The zero-order valence-corrected chi connectivity index (χ0v) is 12.7. The molecule has 1 aromatic heterocycles. The predicted molar refractivity (Wildman–Crippen MR) is 78.1 cm³/mol. The number of nitrogens with two attached hydrogens (primary N) is 1. The fraction of sp³-hybridized carbons (Fsp3) is 0.308. The van der Waals surface area contributed by atoms with Gasteiger partial charge in [-0.2, -0.15) is 5.10 Å². The highest BCUT2D eigenvalue weighted by molar-refractivity contribution is 7.89. The van der Waals surface area contributed by atoms with Gasteiger partial charge in [0.05, 0.1) is 18.2 Å². The molecule has 21 heavy (non-hydrogen) atoms. The molecule has 0 saturated carbocycles. The summed E-state index contributed by atoms with van der Waals surface area (Å²) in [5.74, 6) is 0.573. The molecule has 0 amide bonds. The van der Waals surface area contributed by atoms with Crippen LogP contribution in [0.4, 0.5) is 0 Å². The quantitative estimate of drug-likeness (QED) is 0.803. The third-order valence-corrected chi connectivity index (χ3v) is 4.41. The minimum absolute atomic E-state index is 0.160. The van der Waals surface area contributed by atoms with E-state index in [1.165, 1.54) is 19.2 Å². The Morgan fingerprint density at radius 2 is 2.19 bits per heavy atom. The topological polar surface area (TPSA) is 99.2 Å². The van der Waals surface area contributed by atoms with Crippen LogP contribution in [0.15, 0.2) is 35.5 Å². The zero-order chi connectivity index (χ0) is 15.5. The predicted octanol–water partition coefficient (Wildman–Crippen LogP) is 0.366. The van der Waals surface area contributed by atoms with Crippen LogP contribution in [0.5, 0.6) is 5.75 Å². The van der Waals surface area contributed by atoms with Crippen molar-refractivity contribution in [3.8, 4) is 5.75 Å². The highest BCUT2D eigenvalue weighted by Crippen LogP contribution is 2.22. The Balaban J connectivity index is 2.19. The smallest absolute Gasteiger partial charge is 0.240 e. The minimum atomic E-state index is -3.60. The Morgan fingerprint density at radius 3 is 2.76 bits per heavy atom. The van der Waals surface area contributed by atoms with E-state index < -0.39 is 10.0 Å². The van der Waals surface area contributed by atoms with Crippen LogP contribution < -0.4 is 15.2 Å². The van der Waals surface area contributed by atoms with E-state index in [4.69, 9.17) is 10.5 Å². The maximum Gasteiger partial charge on any atom is 0.240 e. The number of hydrogen-bond acceptors (Lipinski definition) is 5. The molecule has 0 bridgehead atoms. The number of nitrogens with zero attached hydrogens (tertiary/aromatic N) is 2. The van der Waals surface area contributed by atoms with Gasteiger partial charge in [0.25, 0.3) is 0 Å². The second kappa shape index (κ2) is 6.25. The van der Waals surface area contributed by atoms with Gasteiger partial charge in [-0.1, -0.05) is 0 Å². The fourth-order valence-corrected chi connectivity index (χ4v) is 2.97. The van der Waals surface area contributed by atoms with Crippen LogP contribution in [0, 0.1) is 0 Å². The summed E-state index contributed by atoms with van der Waals surface area (Å²) >= 11 is 0. The van der Waals surface area contributed by atoms with Gasteiger partial charge >= 0.3 is 0 Å². The molecule has 0 saturated heterocycles. The number of methoxy groups -OCH3 is 1. The fourth-order valence-electron chi connectivity index (χ4n) is 1.91. The molecule has 0 radical (unpaired) electrons. The van der Waals surface area contributed by atoms with Crippen molar-refractivity contribution >= 4 is 10.0 Å². The summed E-state index contributed by atoms with van der Waals surface area (Å²) in [5, 5.41) is 3.99. The number of nitrogens with one attached hydrogen (secondary N) is 1. The minimum Gasteiger partial charge on any atom is -0.496 e. The van der Waals surface area contributed by atoms with Crippen molar-refractivity contribution in [2.45, 2.75) is 18.0 Å². The highest BCUT2D eigenvalue weighted by Gasteiger charge is 2.16. The van der Waals surface area contributed by atoms with E-state index in [0.29, 0.717) is 11.3 Å². The first-order valence-electron chi connectivity index (χ1n) is 6.30. The van der Waals surface area contributed by atoms with Crippen LogP contribution in [0.3, 0.4) is 0 Å². The van der Waals surface area contributed by atoms with E-state index in [1.54, 1.807) is 30.2 Å². The molecular weight excluding hydrogens is 292 g/mol. The molecule has 0 unspecified atom stereocenters. The second-order valence-corrected chi connectivity index (χ2v) is 6.29. The van der Waals surface area contributed by atoms with Crippen LogP contribution in [0.25, 0.3) is 0 Å². The number of hydrogen-bond donors (Lipinski definition) is 2. The third kappa shape index (κ3) is 3.60. The first kappa shape index (κ1) is 15.5. The van der Waals surface area contributed by atoms with Crippen molar-refractivity contribution in [2.75, 3.05) is 7.11 Å². The summed E-state index contributed by atoms with van der Waals surface area (Å²) < 4.78 is 33.8. The van der Waals surface area contributed by atoms with Crippen molar-refractivity contribution in [1.29, 1.82) is 0 Å². The normalized spacial score (nSPS) is 11.6. The lowest BCUT2D eigenvalue weighted by Crippen LogP contribution is -2.23. The Morgan fingerprint density at radius 1 is 1.43 bits per heavy atom. The van der Waals surface area contributed by atoms with Gasteiger partial charge in [0.1, 0.15) is 5.75 Å². The van der Waals surface area contributed by atoms with Crippen LogP contribution in [0.2, 0.25) is 0 Å². The molecule has 1 aromatic carbocycles. The maximum absolute atomic E-state index is 12.3. The van der Waals surface area contributed by atoms with Gasteiger partial charge in [-0.15, -0.1) is 0 Å². The molecule has 0 atom stereocenters.